The number of hydrogen-bond acceptors (Lipinski definition) is 5. The molecule has 0 N–H and O–H groups in total. The summed E-state index contributed by atoms with van der Waals surface area (Å²) >= 11 is 0. The molecule has 0 unspecified atom stereocenters. The van der Waals surface area contributed by atoms with E-state index in [9.17, 15) is 0 Å². The van der Waals surface area contributed by atoms with Crippen LogP contribution in [0, 0.1) is 0 Å². The van der Waals surface area contributed by atoms with Crippen molar-refractivity contribution in [2.45, 2.75) is 50.0 Å². The molecular formula is C14H22N4O2. The zero-order valence-electron chi connectivity index (χ0n) is 11.8. The lowest BCUT2D eigenvalue weighted by molar-refractivity contribution is -0.205. The second-order valence-electron chi connectivity index (χ2n) is 6.13. The highest BCUT2D eigenvalue weighted by molar-refractivity contribution is 4.96. The van der Waals surface area contributed by atoms with Gasteiger partial charge < -0.3 is 9.47 Å². The number of rotatable bonds is 2. The molecule has 1 aromatic rings. The molecule has 0 bridgehead atoms. The summed E-state index contributed by atoms with van der Waals surface area (Å²) in [5.41, 5.74) is -0.0203. The van der Waals surface area contributed by atoms with E-state index in [1.807, 2.05) is 6.20 Å². The molecule has 2 saturated heterocycles. The maximum atomic E-state index is 5.87. The summed E-state index contributed by atoms with van der Waals surface area (Å²) < 4.78 is 13.8. The molecule has 0 atom stereocenters. The molecule has 2 aliphatic heterocycles. The fourth-order valence-electron chi connectivity index (χ4n) is 4.07. The quantitative estimate of drug-likeness (QED) is 0.817. The van der Waals surface area contributed by atoms with E-state index in [0.717, 1.165) is 52.0 Å². The minimum absolute atomic E-state index is 0.0203. The van der Waals surface area contributed by atoms with Gasteiger partial charge in [0.15, 0.2) is 5.79 Å². The summed E-state index contributed by atoms with van der Waals surface area (Å²) in [6, 6.07) is 0. The van der Waals surface area contributed by atoms with Crippen molar-refractivity contribution in [3.8, 4) is 0 Å². The van der Waals surface area contributed by atoms with Crippen molar-refractivity contribution in [2.24, 2.45) is 0 Å². The Morgan fingerprint density at radius 3 is 2.25 bits per heavy atom. The summed E-state index contributed by atoms with van der Waals surface area (Å²) in [5.74, 6) is -0.316. The van der Waals surface area contributed by atoms with Crippen LogP contribution in [0.3, 0.4) is 0 Å². The van der Waals surface area contributed by atoms with Crippen LogP contribution in [0.25, 0.3) is 0 Å². The molecule has 1 aliphatic carbocycles. The number of likely N-dealkylation sites (tertiary alicyclic amines) is 1. The van der Waals surface area contributed by atoms with Crippen LogP contribution in [0.1, 0.15) is 38.5 Å². The van der Waals surface area contributed by atoms with Gasteiger partial charge in [0.2, 0.25) is 0 Å². The van der Waals surface area contributed by atoms with E-state index >= 15 is 0 Å². The highest BCUT2D eigenvalue weighted by Gasteiger charge is 2.50. The van der Waals surface area contributed by atoms with Crippen LogP contribution in [0.15, 0.2) is 12.4 Å². The third-order valence-corrected chi connectivity index (χ3v) is 5.17. The van der Waals surface area contributed by atoms with Crippen molar-refractivity contribution in [2.75, 3.05) is 26.3 Å². The molecule has 20 heavy (non-hydrogen) atoms. The third kappa shape index (κ3) is 1.89. The molecule has 0 aromatic carbocycles. The summed E-state index contributed by atoms with van der Waals surface area (Å²) in [6.45, 7) is 3.79. The first-order valence-corrected chi connectivity index (χ1v) is 7.73. The van der Waals surface area contributed by atoms with Gasteiger partial charge in [0.25, 0.3) is 0 Å². The largest absolute Gasteiger partial charge is 0.348 e. The van der Waals surface area contributed by atoms with Crippen molar-refractivity contribution in [3.05, 3.63) is 12.4 Å². The number of ether oxygens (including phenoxy) is 2. The molecule has 6 heteroatoms. The van der Waals surface area contributed by atoms with Gasteiger partial charge in [-0.2, -0.15) is 0 Å². The first kappa shape index (κ1) is 12.7. The molecule has 4 rings (SSSR count). The Morgan fingerprint density at radius 2 is 1.65 bits per heavy atom. The normalized spacial score (nSPS) is 29.2. The van der Waals surface area contributed by atoms with Crippen molar-refractivity contribution in [1.82, 2.24) is 19.9 Å². The molecule has 3 fully saturated rings. The van der Waals surface area contributed by atoms with Gasteiger partial charge in [-0.05, 0) is 25.7 Å². The van der Waals surface area contributed by atoms with Gasteiger partial charge >= 0.3 is 0 Å². The van der Waals surface area contributed by atoms with Crippen molar-refractivity contribution < 1.29 is 9.47 Å². The van der Waals surface area contributed by atoms with Crippen LogP contribution in [-0.2, 0) is 15.1 Å². The molecule has 1 aromatic heterocycles. The molecule has 110 valence electrons. The standard InChI is InChI=1S/C14H22N4O2/c1-2-9-17(8-1)13(18-10-7-15-16-18)3-5-14(6-4-13)19-11-12-20-14/h7,10H,1-6,8-9,11-12H2. The van der Waals surface area contributed by atoms with Crippen LogP contribution in [0.4, 0.5) is 0 Å². The average Bonchev–Trinajstić information content (AvgIpc) is 3.24. The van der Waals surface area contributed by atoms with Gasteiger partial charge in [-0.15, -0.1) is 5.10 Å². The molecular weight excluding hydrogens is 256 g/mol. The Bertz CT molecular complexity index is 440. The van der Waals surface area contributed by atoms with E-state index in [2.05, 4.69) is 19.9 Å². The zero-order valence-corrected chi connectivity index (χ0v) is 11.8. The second kappa shape index (κ2) is 4.79. The summed E-state index contributed by atoms with van der Waals surface area (Å²) in [7, 11) is 0. The summed E-state index contributed by atoms with van der Waals surface area (Å²) in [4.78, 5) is 2.59. The number of nitrogens with zero attached hydrogens (tertiary/aromatic N) is 4. The topological polar surface area (TPSA) is 52.4 Å². The Hall–Kier alpha value is -0.980. The Balaban J connectivity index is 1.61. The van der Waals surface area contributed by atoms with Gasteiger partial charge in [0.1, 0.15) is 5.66 Å². The average molecular weight is 278 g/mol. The Morgan fingerprint density at radius 1 is 0.950 bits per heavy atom. The fraction of sp³-hybridized carbons (Fsp3) is 0.857. The van der Waals surface area contributed by atoms with Gasteiger partial charge in [-0.25, -0.2) is 4.68 Å². The Kier molecular flexibility index (Phi) is 3.05. The number of aromatic nitrogens is 3. The van der Waals surface area contributed by atoms with Crippen LogP contribution < -0.4 is 0 Å². The van der Waals surface area contributed by atoms with Gasteiger partial charge in [-0.3, -0.25) is 4.90 Å². The third-order valence-electron chi connectivity index (χ3n) is 5.17. The SMILES string of the molecule is c1cn(C2(N3CCCC3)CCC3(CC2)OCCO3)nn1. The molecule has 1 spiro atoms. The maximum absolute atomic E-state index is 5.87. The minimum atomic E-state index is -0.316. The van der Waals surface area contributed by atoms with Crippen LogP contribution in [0.5, 0.6) is 0 Å². The van der Waals surface area contributed by atoms with E-state index < -0.39 is 0 Å². The zero-order chi connectivity index (χ0) is 13.5. The van der Waals surface area contributed by atoms with E-state index in [1.165, 1.54) is 12.8 Å². The molecule has 6 nitrogen and oxygen atoms in total. The Labute approximate surface area is 119 Å². The monoisotopic (exact) mass is 278 g/mol. The van der Waals surface area contributed by atoms with E-state index in [0.29, 0.717) is 0 Å². The lowest BCUT2D eigenvalue weighted by atomic mass is 9.83. The van der Waals surface area contributed by atoms with Crippen molar-refractivity contribution >= 4 is 0 Å². The van der Waals surface area contributed by atoms with Crippen molar-refractivity contribution in [1.29, 1.82) is 0 Å². The molecule has 0 radical (unpaired) electrons. The van der Waals surface area contributed by atoms with Crippen LogP contribution >= 0.6 is 0 Å². The second-order valence-corrected chi connectivity index (χ2v) is 6.13. The van der Waals surface area contributed by atoms with E-state index in [-0.39, 0.29) is 11.4 Å². The smallest absolute Gasteiger partial charge is 0.168 e. The van der Waals surface area contributed by atoms with Crippen LogP contribution in [-0.4, -0.2) is 52.0 Å². The predicted octanol–water partition coefficient (Wildman–Crippen LogP) is 1.34. The van der Waals surface area contributed by atoms with Gasteiger partial charge in [0, 0.05) is 32.1 Å². The maximum Gasteiger partial charge on any atom is 0.168 e. The lowest BCUT2D eigenvalue weighted by Crippen LogP contribution is -2.55. The first-order chi connectivity index (χ1) is 9.83. The van der Waals surface area contributed by atoms with Crippen LogP contribution in [0.2, 0.25) is 0 Å². The highest BCUT2D eigenvalue weighted by Crippen LogP contribution is 2.46. The van der Waals surface area contributed by atoms with E-state index in [1.54, 1.807) is 6.20 Å². The van der Waals surface area contributed by atoms with E-state index in [4.69, 9.17) is 9.47 Å². The minimum Gasteiger partial charge on any atom is -0.348 e. The molecule has 3 aliphatic rings. The van der Waals surface area contributed by atoms with Crippen molar-refractivity contribution in [3.63, 3.8) is 0 Å². The van der Waals surface area contributed by atoms with Gasteiger partial charge in [0.05, 0.1) is 19.4 Å². The lowest BCUT2D eigenvalue weighted by Gasteiger charge is -2.48. The summed E-state index contributed by atoms with van der Waals surface area (Å²) in [6.07, 6.45) is 10.3. The molecule has 3 heterocycles. The first-order valence-electron chi connectivity index (χ1n) is 7.73. The molecule has 0 amide bonds. The predicted molar refractivity (Wildman–Crippen MR) is 71.9 cm³/mol. The highest BCUT2D eigenvalue weighted by atomic mass is 16.7. The van der Waals surface area contributed by atoms with Gasteiger partial charge in [-0.1, -0.05) is 5.21 Å². The molecule has 1 saturated carbocycles. The fourth-order valence-corrected chi connectivity index (χ4v) is 4.07. The summed E-state index contributed by atoms with van der Waals surface area (Å²) in [5, 5.41) is 8.34. The number of hydrogen-bond donors (Lipinski definition) is 0.